The minimum atomic E-state index is -1.80. The van der Waals surface area contributed by atoms with Crippen molar-refractivity contribution in [3.8, 4) is 17.3 Å². The summed E-state index contributed by atoms with van der Waals surface area (Å²) in [5.74, 6) is 0. The van der Waals surface area contributed by atoms with Gasteiger partial charge in [0.1, 0.15) is 0 Å². The number of fused-ring (bicyclic) bond motifs is 1. The Bertz CT molecular complexity index is 1130. The molecule has 0 fully saturated rings. The monoisotopic (exact) mass is 434 g/mol. The zero-order valence-corrected chi connectivity index (χ0v) is 19.5. The number of nitrogens with two attached hydrogens (primary N) is 1. The number of nitrogens with zero attached hydrogens (tertiary/aromatic N) is 3. The first-order valence-electron chi connectivity index (χ1n) is 10.6. The van der Waals surface area contributed by atoms with Crippen LogP contribution in [0, 0.1) is 11.3 Å². The van der Waals surface area contributed by atoms with Crippen LogP contribution in [0.5, 0.6) is 0 Å². The summed E-state index contributed by atoms with van der Waals surface area (Å²) in [6.45, 7) is 8.34. The lowest BCUT2D eigenvalue weighted by Crippen LogP contribution is -2.24. The summed E-state index contributed by atoms with van der Waals surface area (Å²) in [7, 11) is 1.95. The van der Waals surface area contributed by atoms with Crippen molar-refractivity contribution >= 4 is 33.4 Å². The molecule has 1 unspecified atom stereocenters. The van der Waals surface area contributed by atoms with E-state index in [2.05, 4.69) is 55.1 Å². The van der Waals surface area contributed by atoms with Crippen LogP contribution in [0.3, 0.4) is 0 Å². The second kappa shape index (κ2) is 10.1. The topological polar surface area (TPSA) is 81.0 Å². The van der Waals surface area contributed by atoms with Gasteiger partial charge in [-0.3, -0.25) is 0 Å². The van der Waals surface area contributed by atoms with E-state index in [0.717, 1.165) is 42.9 Å². The van der Waals surface area contributed by atoms with E-state index in [1.165, 1.54) is 16.5 Å². The molecule has 1 atom stereocenters. The third kappa shape index (κ3) is 4.80. The summed E-state index contributed by atoms with van der Waals surface area (Å²) in [6, 6.07) is 19.1. The molecular formula is C25H30N4OS. The number of hydrogen-bond acceptors (Lipinski definition) is 4. The molecule has 0 saturated heterocycles. The minimum Gasteiger partial charge on any atom is -0.593 e. The SMILES string of the molecule is CCCN(CCC)c1ccc2cc(-c3ccc(/C(C)=C(\C#N)[S+](N)[O-])n3C)ccc2c1. The van der Waals surface area contributed by atoms with Crippen LogP contribution in [0.15, 0.2) is 53.4 Å². The second-order valence-electron chi connectivity index (χ2n) is 7.76. The third-order valence-corrected chi connectivity index (χ3v) is 6.42. The van der Waals surface area contributed by atoms with Crippen LogP contribution in [-0.2, 0) is 18.4 Å². The van der Waals surface area contributed by atoms with Gasteiger partial charge < -0.3 is 14.0 Å². The molecule has 0 amide bonds. The predicted octanol–water partition coefficient (Wildman–Crippen LogP) is 5.35. The van der Waals surface area contributed by atoms with Gasteiger partial charge in [-0.2, -0.15) is 5.26 Å². The molecule has 0 bridgehead atoms. The van der Waals surface area contributed by atoms with E-state index in [1.807, 2.05) is 29.8 Å². The van der Waals surface area contributed by atoms with Gasteiger partial charge in [-0.05, 0) is 66.4 Å². The van der Waals surface area contributed by atoms with Crippen LogP contribution in [-0.4, -0.2) is 22.2 Å². The first-order valence-corrected chi connectivity index (χ1v) is 11.8. The highest BCUT2D eigenvalue weighted by atomic mass is 32.2. The molecule has 0 radical (unpaired) electrons. The number of benzene rings is 2. The van der Waals surface area contributed by atoms with E-state index >= 15 is 0 Å². The molecule has 162 valence electrons. The van der Waals surface area contributed by atoms with Crippen LogP contribution in [0.1, 0.15) is 39.3 Å². The summed E-state index contributed by atoms with van der Waals surface area (Å²) >= 11 is -1.80. The van der Waals surface area contributed by atoms with Gasteiger partial charge in [0, 0.05) is 42.8 Å². The maximum Gasteiger partial charge on any atom is 0.254 e. The van der Waals surface area contributed by atoms with Crippen LogP contribution >= 0.6 is 0 Å². The number of rotatable bonds is 8. The Morgan fingerprint density at radius 3 is 2.32 bits per heavy atom. The first-order chi connectivity index (χ1) is 14.9. The van der Waals surface area contributed by atoms with Crippen molar-refractivity contribution in [1.29, 1.82) is 5.26 Å². The Morgan fingerprint density at radius 2 is 1.71 bits per heavy atom. The maximum atomic E-state index is 11.7. The molecule has 0 spiro atoms. The summed E-state index contributed by atoms with van der Waals surface area (Å²) in [6.07, 6.45) is 2.26. The van der Waals surface area contributed by atoms with Crippen molar-refractivity contribution < 1.29 is 4.55 Å². The Balaban J connectivity index is 1.99. The van der Waals surface area contributed by atoms with Gasteiger partial charge in [0.05, 0.1) is 11.4 Å². The van der Waals surface area contributed by atoms with Gasteiger partial charge in [0.15, 0.2) is 6.07 Å². The molecule has 3 aromatic rings. The number of aromatic nitrogens is 1. The predicted molar refractivity (Wildman–Crippen MR) is 132 cm³/mol. The van der Waals surface area contributed by atoms with E-state index in [9.17, 15) is 9.81 Å². The summed E-state index contributed by atoms with van der Waals surface area (Å²) < 4.78 is 13.7. The number of nitriles is 1. The molecule has 5 nitrogen and oxygen atoms in total. The van der Waals surface area contributed by atoms with Gasteiger partial charge in [0.2, 0.25) is 0 Å². The van der Waals surface area contributed by atoms with Gasteiger partial charge in [0.25, 0.3) is 4.91 Å². The maximum absolute atomic E-state index is 11.7. The zero-order valence-electron chi connectivity index (χ0n) is 18.7. The summed E-state index contributed by atoms with van der Waals surface area (Å²) in [4.78, 5) is 2.54. The standard InChI is InChI=1S/C25H30N4OS/c1-5-13-29(14-6-2)22-10-9-19-15-21(8-7-20(19)16-22)24-12-11-23(28(24)4)18(3)25(17-26)31(27)30/h7-12,15-16H,5-6,13-14,27H2,1-4H3/b25-18+. The lowest BCUT2D eigenvalue weighted by molar-refractivity contribution is 0.603. The smallest absolute Gasteiger partial charge is 0.254 e. The summed E-state index contributed by atoms with van der Waals surface area (Å²) in [5, 5.41) is 17.2. The highest BCUT2D eigenvalue weighted by molar-refractivity contribution is 7.93. The van der Waals surface area contributed by atoms with Crippen LogP contribution in [0.2, 0.25) is 0 Å². The Labute approximate surface area is 188 Å². The van der Waals surface area contributed by atoms with Crippen LogP contribution in [0.25, 0.3) is 27.6 Å². The van der Waals surface area contributed by atoms with Crippen molar-refractivity contribution in [3.05, 3.63) is 59.1 Å². The third-order valence-electron chi connectivity index (χ3n) is 5.62. The molecule has 3 rings (SSSR count). The fraction of sp³-hybridized carbons (Fsp3) is 0.320. The van der Waals surface area contributed by atoms with Crippen LogP contribution < -0.4 is 10.0 Å². The highest BCUT2D eigenvalue weighted by Crippen LogP contribution is 2.31. The van der Waals surface area contributed by atoms with E-state index in [0.29, 0.717) is 5.57 Å². The lowest BCUT2D eigenvalue weighted by atomic mass is 10.0. The van der Waals surface area contributed by atoms with E-state index in [4.69, 9.17) is 5.14 Å². The Morgan fingerprint density at radius 1 is 1.06 bits per heavy atom. The Hall–Kier alpha value is -2.72. The van der Waals surface area contributed by atoms with Crippen molar-refractivity contribution in [1.82, 2.24) is 4.57 Å². The van der Waals surface area contributed by atoms with E-state index in [-0.39, 0.29) is 4.91 Å². The van der Waals surface area contributed by atoms with Crippen LogP contribution in [0.4, 0.5) is 5.69 Å². The van der Waals surface area contributed by atoms with Crippen molar-refractivity contribution in [2.45, 2.75) is 33.6 Å². The molecule has 0 aliphatic heterocycles. The Kier molecular flexibility index (Phi) is 7.45. The second-order valence-corrected chi connectivity index (χ2v) is 8.76. The van der Waals surface area contributed by atoms with E-state index < -0.39 is 11.4 Å². The molecule has 0 aliphatic carbocycles. The minimum absolute atomic E-state index is 0.0995. The van der Waals surface area contributed by atoms with Crippen molar-refractivity contribution in [3.63, 3.8) is 0 Å². The molecule has 6 heteroatoms. The molecule has 1 aromatic heterocycles. The molecule has 0 aliphatic rings. The average Bonchev–Trinajstić information content (AvgIpc) is 3.14. The normalized spacial score (nSPS) is 13.1. The number of hydrogen-bond donors (Lipinski definition) is 1. The molecular weight excluding hydrogens is 404 g/mol. The van der Waals surface area contributed by atoms with E-state index in [1.54, 1.807) is 6.92 Å². The largest absolute Gasteiger partial charge is 0.593 e. The lowest BCUT2D eigenvalue weighted by Gasteiger charge is -2.24. The van der Waals surface area contributed by atoms with Gasteiger partial charge in [-0.15, -0.1) is 5.14 Å². The summed E-state index contributed by atoms with van der Waals surface area (Å²) in [5.41, 5.74) is 4.85. The highest BCUT2D eigenvalue weighted by Gasteiger charge is 2.19. The molecule has 2 aromatic carbocycles. The number of allylic oxidation sites excluding steroid dienone is 2. The quantitative estimate of drug-likeness (QED) is 0.383. The zero-order chi connectivity index (χ0) is 22.5. The van der Waals surface area contributed by atoms with Crippen molar-refractivity contribution in [2.24, 2.45) is 12.2 Å². The average molecular weight is 435 g/mol. The van der Waals surface area contributed by atoms with Gasteiger partial charge in [-0.1, -0.05) is 32.0 Å². The van der Waals surface area contributed by atoms with Crippen molar-refractivity contribution in [2.75, 3.05) is 18.0 Å². The molecule has 0 saturated carbocycles. The first kappa shape index (κ1) is 23.0. The molecule has 31 heavy (non-hydrogen) atoms. The fourth-order valence-electron chi connectivity index (χ4n) is 4.07. The van der Waals surface area contributed by atoms with Gasteiger partial charge >= 0.3 is 0 Å². The number of anilines is 1. The molecule has 1 heterocycles. The molecule has 2 N–H and O–H groups in total. The van der Waals surface area contributed by atoms with Gasteiger partial charge in [-0.25, -0.2) is 0 Å². The fourth-order valence-corrected chi connectivity index (χ4v) is 4.57.